The molecule has 0 fully saturated rings. The summed E-state index contributed by atoms with van der Waals surface area (Å²) in [7, 11) is 0. The fourth-order valence-corrected chi connectivity index (χ4v) is 12.6. The molecule has 0 aliphatic carbocycles. The largest absolute Gasteiger partial charge is 0.455 e. The Kier molecular flexibility index (Phi) is 12.3. The summed E-state index contributed by atoms with van der Waals surface area (Å²) in [6.45, 7) is 0. The number of hydrogen-bond acceptors (Lipinski definition) is 6. The summed E-state index contributed by atoms with van der Waals surface area (Å²) in [5, 5.41) is 4.49. The first kappa shape index (κ1) is 48.5. The van der Waals surface area contributed by atoms with E-state index in [0.29, 0.717) is 0 Å². The van der Waals surface area contributed by atoms with Gasteiger partial charge in [-0.05, 0) is 156 Å². The molecule has 0 radical (unpaired) electrons. The van der Waals surface area contributed by atoms with Crippen molar-refractivity contribution in [1.82, 2.24) is 0 Å². The second kappa shape index (κ2) is 20.9. The number of benzene rings is 12. The van der Waals surface area contributed by atoms with E-state index in [1.807, 2.05) is 35.6 Å². The summed E-state index contributed by atoms with van der Waals surface area (Å²) in [5.74, 6) is 0. The minimum Gasteiger partial charge on any atom is -0.455 e. The molecule has 0 saturated carbocycles. The van der Waals surface area contributed by atoms with E-state index in [0.717, 1.165) is 117 Å². The van der Waals surface area contributed by atoms with Crippen molar-refractivity contribution in [3.63, 3.8) is 0 Å². The van der Waals surface area contributed by atoms with Crippen LogP contribution in [0.15, 0.2) is 318 Å². The molecule has 0 N–H and O–H groups in total. The van der Waals surface area contributed by atoms with Gasteiger partial charge in [-0.15, -0.1) is 11.3 Å². The monoisotopic (exact) mass is 1070 g/mol. The van der Waals surface area contributed by atoms with Crippen molar-refractivity contribution in [2.75, 3.05) is 14.7 Å². The Balaban J connectivity index is 0.783. The van der Waals surface area contributed by atoms with Crippen molar-refractivity contribution in [1.29, 1.82) is 0 Å². The van der Waals surface area contributed by atoms with Crippen molar-refractivity contribution < 1.29 is 8.83 Å². The summed E-state index contributed by atoms with van der Waals surface area (Å²) in [5.41, 5.74) is 19.8. The van der Waals surface area contributed by atoms with Gasteiger partial charge in [0.1, 0.15) is 22.3 Å². The van der Waals surface area contributed by atoms with Crippen LogP contribution in [0.3, 0.4) is 0 Å². The van der Waals surface area contributed by atoms with Gasteiger partial charge in [-0.1, -0.05) is 176 Å². The van der Waals surface area contributed by atoms with Gasteiger partial charge < -0.3 is 23.5 Å². The number of thiophene rings is 1. The van der Waals surface area contributed by atoms with Gasteiger partial charge in [-0.3, -0.25) is 0 Å². The summed E-state index contributed by atoms with van der Waals surface area (Å²) in [4.78, 5) is 9.47. The lowest BCUT2D eigenvalue weighted by Gasteiger charge is -2.29. The van der Waals surface area contributed by atoms with Crippen LogP contribution in [0.25, 0.3) is 87.0 Å². The third-order valence-electron chi connectivity index (χ3n) is 15.5. The van der Waals surface area contributed by atoms with Gasteiger partial charge in [0.05, 0.1) is 0 Å². The highest BCUT2D eigenvalue weighted by molar-refractivity contribution is 7.18. The molecule has 12 aromatic carbocycles. The minimum absolute atomic E-state index is 0.894. The fraction of sp³-hybridized carbons (Fsp3) is 0. The summed E-state index contributed by atoms with van der Waals surface area (Å²) < 4.78 is 12.9. The third-order valence-corrected chi connectivity index (χ3v) is 16.7. The number of anilines is 9. The first-order valence-electron chi connectivity index (χ1n) is 27.6. The van der Waals surface area contributed by atoms with E-state index in [2.05, 4.69) is 300 Å². The average Bonchev–Trinajstić information content (AvgIpc) is 4.49. The van der Waals surface area contributed by atoms with Crippen molar-refractivity contribution in [2.24, 2.45) is 0 Å². The Morgan fingerprint density at radius 3 is 0.866 bits per heavy atom. The summed E-state index contributed by atoms with van der Waals surface area (Å²) in [6.07, 6.45) is 0. The number of fused-ring (bicyclic) bond motifs is 6. The van der Waals surface area contributed by atoms with E-state index in [4.69, 9.17) is 8.83 Å². The minimum atomic E-state index is 0.894. The zero-order chi connectivity index (χ0) is 54.3. The Hall–Kier alpha value is -10.7. The van der Waals surface area contributed by atoms with Gasteiger partial charge in [-0.25, -0.2) is 0 Å². The maximum Gasteiger partial charge on any atom is 0.143 e. The molecule has 0 atom stereocenters. The average molecular weight is 1070 g/mol. The molecule has 0 aliphatic rings. The topological polar surface area (TPSA) is 36.0 Å². The highest BCUT2D eigenvalue weighted by atomic mass is 32.1. The second-order valence-corrected chi connectivity index (χ2v) is 21.5. The third kappa shape index (κ3) is 8.94. The molecule has 6 heteroatoms. The van der Waals surface area contributed by atoms with Crippen LogP contribution in [0.4, 0.5) is 51.2 Å². The summed E-state index contributed by atoms with van der Waals surface area (Å²) in [6, 6.07) is 110. The van der Waals surface area contributed by atoms with Crippen LogP contribution < -0.4 is 14.7 Å². The normalized spacial score (nSPS) is 11.4. The zero-order valence-electron chi connectivity index (χ0n) is 44.5. The Morgan fingerprint density at radius 1 is 0.207 bits per heavy atom. The molecular weight excluding hydrogens is 1020 g/mol. The van der Waals surface area contributed by atoms with E-state index >= 15 is 0 Å². The predicted octanol–water partition coefficient (Wildman–Crippen LogP) is 22.6. The van der Waals surface area contributed by atoms with Gasteiger partial charge in [-0.2, -0.15) is 0 Å². The molecule has 3 heterocycles. The molecule has 5 nitrogen and oxygen atoms in total. The molecule has 15 rings (SSSR count). The van der Waals surface area contributed by atoms with E-state index in [1.54, 1.807) is 0 Å². The Bertz CT molecular complexity index is 4460. The smallest absolute Gasteiger partial charge is 0.143 e. The molecule has 0 bridgehead atoms. The summed E-state index contributed by atoms with van der Waals surface area (Å²) >= 11 is 1.82. The van der Waals surface area contributed by atoms with Gasteiger partial charge >= 0.3 is 0 Å². The lowest BCUT2D eigenvalue weighted by atomic mass is 10.0. The van der Waals surface area contributed by atoms with Crippen LogP contribution in [0.1, 0.15) is 0 Å². The zero-order valence-corrected chi connectivity index (χ0v) is 45.3. The number of para-hydroxylation sites is 6. The van der Waals surface area contributed by atoms with Crippen molar-refractivity contribution in [3.05, 3.63) is 309 Å². The van der Waals surface area contributed by atoms with Gasteiger partial charge in [0, 0.05) is 93.6 Å². The molecule has 0 unspecified atom stereocenters. The quantitative estimate of drug-likeness (QED) is 0.115. The van der Waals surface area contributed by atoms with E-state index in [1.165, 1.54) is 20.9 Å². The van der Waals surface area contributed by atoms with Crippen molar-refractivity contribution >= 4 is 106 Å². The SMILES string of the molecule is c1ccc(-c2ccc(-c3ccc(N(c4ccc(N(c5ccccc5)c5ccc(-c6cccc7c6oc6ccccc67)cc5)cc4)c4ccc(N(c5ccccc5)c5ccc(-c6cccc7c6oc6ccccc67)cc5)cc4)cc3)s2)cc1. The molecular formula is C76H51N3O2S. The molecule has 0 aliphatic heterocycles. The Labute approximate surface area is 479 Å². The number of nitrogens with zero attached hydrogens (tertiary/aromatic N) is 3. The van der Waals surface area contributed by atoms with Gasteiger partial charge in [0.15, 0.2) is 0 Å². The van der Waals surface area contributed by atoms with Gasteiger partial charge in [0.25, 0.3) is 0 Å². The molecule has 3 aromatic heterocycles. The molecule has 0 spiro atoms. The first-order chi connectivity index (χ1) is 40.6. The predicted molar refractivity (Wildman–Crippen MR) is 345 cm³/mol. The highest BCUT2D eigenvalue weighted by Crippen LogP contribution is 2.45. The van der Waals surface area contributed by atoms with Crippen molar-refractivity contribution in [2.45, 2.75) is 0 Å². The van der Waals surface area contributed by atoms with E-state index in [-0.39, 0.29) is 0 Å². The highest BCUT2D eigenvalue weighted by Gasteiger charge is 2.21. The van der Waals surface area contributed by atoms with Gasteiger partial charge in [0.2, 0.25) is 0 Å². The number of furan rings is 2. The van der Waals surface area contributed by atoms with Crippen LogP contribution in [-0.4, -0.2) is 0 Å². The molecule has 15 aromatic rings. The van der Waals surface area contributed by atoms with Crippen LogP contribution in [-0.2, 0) is 0 Å². The maximum absolute atomic E-state index is 6.46. The Morgan fingerprint density at radius 2 is 0.488 bits per heavy atom. The van der Waals surface area contributed by atoms with Crippen LogP contribution >= 0.6 is 11.3 Å². The number of rotatable bonds is 13. The molecule has 0 amide bonds. The lowest BCUT2D eigenvalue weighted by Crippen LogP contribution is -2.13. The number of hydrogen-bond donors (Lipinski definition) is 0. The fourth-order valence-electron chi connectivity index (χ4n) is 11.6. The van der Waals surface area contributed by atoms with Crippen molar-refractivity contribution in [3.8, 4) is 43.1 Å². The molecule has 82 heavy (non-hydrogen) atoms. The van der Waals surface area contributed by atoms with Crippen LogP contribution in [0.5, 0.6) is 0 Å². The van der Waals surface area contributed by atoms with Crippen LogP contribution in [0.2, 0.25) is 0 Å². The lowest BCUT2D eigenvalue weighted by molar-refractivity contribution is 0.669. The second-order valence-electron chi connectivity index (χ2n) is 20.4. The molecule has 388 valence electrons. The van der Waals surface area contributed by atoms with E-state index < -0.39 is 0 Å². The van der Waals surface area contributed by atoms with E-state index in [9.17, 15) is 0 Å². The molecule has 0 saturated heterocycles. The first-order valence-corrected chi connectivity index (χ1v) is 28.4. The maximum atomic E-state index is 6.46. The standard InChI is InChI=1S/C76H51N3O2S/c1-4-16-54(17-5-1)73-50-51-74(82-73)55-34-40-60(41-35-55)79(63-46-42-61(43-47-63)77(56-18-6-2-7-19-56)58-36-30-52(31-37-58)65-24-14-26-69-67-22-10-12-28-71(67)80-75(65)69)64-48-44-62(45-49-64)78(57-20-8-3-9-21-57)59-38-32-53(33-39-59)66-25-15-27-70-68-23-11-13-29-72(68)81-76(66)70/h1-51H. The van der Waals surface area contributed by atoms with Crippen LogP contribution in [0, 0.1) is 0 Å².